The molecule has 1 nitrogen and oxygen atoms in total. The molecule has 40 valence electrons. The number of aliphatic hydroxyl groups excluding tert-OH is 1. The maximum Gasteiger partial charge on any atom is 0.0695 e. The molecule has 1 N–H and O–H groups in total. The van der Waals surface area contributed by atoms with Crippen LogP contribution in [0.4, 0.5) is 0 Å². The van der Waals surface area contributed by atoms with Gasteiger partial charge in [-0.25, -0.2) is 0 Å². The standard InChI is InChI=1S/C6H10O/c1-3-4-5-6(2)7/h3-7H,1H2,2H3/b5-4-. The van der Waals surface area contributed by atoms with Gasteiger partial charge in [0.2, 0.25) is 0 Å². The number of aliphatic hydroxyl groups is 1. The van der Waals surface area contributed by atoms with Gasteiger partial charge in [-0.05, 0) is 6.92 Å². The van der Waals surface area contributed by atoms with Gasteiger partial charge in [-0.2, -0.15) is 0 Å². The lowest BCUT2D eigenvalue weighted by molar-refractivity contribution is 0.244. The first-order valence-corrected chi connectivity index (χ1v) is 2.24. The largest absolute Gasteiger partial charge is 0.389 e. The zero-order valence-corrected chi connectivity index (χ0v) is 4.46. The first-order chi connectivity index (χ1) is 3.27. The van der Waals surface area contributed by atoms with Crippen LogP contribution in [0, 0.1) is 0 Å². The summed E-state index contributed by atoms with van der Waals surface area (Å²) in [6.07, 6.45) is 4.66. The second-order valence-electron chi connectivity index (χ2n) is 1.36. The molecule has 7 heavy (non-hydrogen) atoms. The Balaban J connectivity index is 3.25. The lowest BCUT2D eigenvalue weighted by Gasteiger charge is -1.87. The van der Waals surface area contributed by atoms with Gasteiger partial charge < -0.3 is 5.11 Å². The van der Waals surface area contributed by atoms with Crippen molar-refractivity contribution < 1.29 is 5.11 Å². The van der Waals surface area contributed by atoms with Gasteiger partial charge in [0.15, 0.2) is 0 Å². The van der Waals surface area contributed by atoms with E-state index in [1.165, 1.54) is 0 Å². The summed E-state index contributed by atoms with van der Waals surface area (Å²) in [6.45, 7) is 5.13. The van der Waals surface area contributed by atoms with Crippen LogP contribution in [0.5, 0.6) is 0 Å². The Morgan fingerprint density at radius 2 is 2.29 bits per heavy atom. The van der Waals surface area contributed by atoms with E-state index in [2.05, 4.69) is 6.58 Å². The Bertz CT molecular complexity index is 72.2. The molecule has 0 rings (SSSR count). The fourth-order valence-electron chi connectivity index (χ4n) is 0.239. The van der Waals surface area contributed by atoms with Crippen LogP contribution >= 0.6 is 0 Å². The lowest BCUT2D eigenvalue weighted by Crippen LogP contribution is -1.90. The molecule has 1 heteroatoms. The maximum atomic E-state index is 8.55. The van der Waals surface area contributed by atoms with E-state index in [4.69, 9.17) is 5.11 Å². The van der Waals surface area contributed by atoms with Crippen molar-refractivity contribution in [1.29, 1.82) is 0 Å². The number of rotatable bonds is 2. The fourth-order valence-corrected chi connectivity index (χ4v) is 0.239. The molecule has 0 bridgehead atoms. The molecule has 1 atom stereocenters. The van der Waals surface area contributed by atoms with Gasteiger partial charge in [-0.15, -0.1) is 0 Å². The van der Waals surface area contributed by atoms with E-state index in [-0.39, 0.29) is 6.10 Å². The Labute approximate surface area is 44.0 Å². The van der Waals surface area contributed by atoms with E-state index in [0.29, 0.717) is 0 Å². The van der Waals surface area contributed by atoms with Crippen LogP contribution in [0.2, 0.25) is 0 Å². The topological polar surface area (TPSA) is 20.2 Å². The van der Waals surface area contributed by atoms with Crippen molar-refractivity contribution in [2.24, 2.45) is 0 Å². The minimum atomic E-state index is -0.349. The van der Waals surface area contributed by atoms with Crippen LogP contribution in [0.1, 0.15) is 6.92 Å². The summed E-state index contributed by atoms with van der Waals surface area (Å²) >= 11 is 0. The average Bonchev–Trinajstić information content (AvgIpc) is 1.61. The van der Waals surface area contributed by atoms with Crippen LogP contribution in [-0.2, 0) is 0 Å². The highest BCUT2D eigenvalue weighted by Gasteiger charge is 1.78. The number of allylic oxidation sites excluding steroid dienone is 2. The third-order valence-electron chi connectivity index (χ3n) is 0.526. The second kappa shape index (κ2) is 3.62. The van der Waals surface area contributed by atoms with E-state index >= 15 is 0 Å². The quantitative estimate of drug-likeness (QED) is 0.513. The Morgan fingerprint density at radius 3 is 2.43 bits per heavy atom. The highest BCUT2D eigenvalue weighted by Crippen LogP contribution is 1.80. The highest BCUT2D eigenvalue weighted by molar-refractivity contribution is 4.99. The van der Waals surface area contributed by atoms with Crippen molar-refractivity contribution in [1.82, 2.24) is 0 Å². The summed E-state index contributed by atoms with van der Waals surface area (Å²) < 4.78 is 0. The Morgan fingerprint density at radius 1 is 1.71 bits per heavy atom. The second-order valence-corrected chi connectivity index (χ2v) is 1.36. The van der Waals surface area contributed by atoms with Crippen molar-refractivity contribution in [2.75, 3.05) is 0 Å². The molecular formula is C6H10O. The fraction of sp³-hybridized carbons (Fsp3) is 0.333. The molecule has 0 aliphatic carbocycles. The molecule has 0 aliphatic heterocycles. The first-order valence-electron chi connectivity index (χ1n) is 2.24. The lowest BCUT2D eigenvalue weighted by atomic mass is 10.3. The minimum Gasteiger partial charge on any atom is -0.389 e. The maximum absolute atomic E-state index is 8.55. The van der Waals surface area contributed by atoms with Crippen LogP contribution in [-0.4, -0.2) is 11.2 Å². The van der Waals surface area contributed by atoms with Gasteiger partial charge in [-0.3, -0.25) is 0 Å². The van der Waals surface area contributed by atoms with Crippen LogP contribution < -0.4 is 0 Å². The Hall–Kier alpha value is -0.560. The SMILES string of the molecule is C=C/C=C\C(C)O. The van der Waals surface area contributed by atoms with Gasteiger partial charge in [0, 0.05) is 0 Å². The molecule has 0 aromatic heterocycles. The molecule has 0 radical (unpaired) electrons. The molecule has 0 saturated heterocycles. The third-order valence-corrected chi connectivity index (χ3v) is 0.526. The zero-order valence-electron chi connectivity index (χ0n) is 4.46. The summed E-state index contributed by atoms with van der Waals surface area (Å²) in [5.41, 5.74) is 0. The third kappa shape index (κ3) is 5.44. The monoisotopic (exact) mass is 98.1 g/mol. The van der Waals surface area contributed by atoms with E-state index in [9.17, 15) is 0 Å². The van der Waals surface area contributed by atoms with Crippen LogP contribution in [0.3, 0.4) is 0 Å². The summed E-state index contributed by atoms with van der Waals surface area (Å²) in [5, 5.41) is 8.55. The smallest absolute Gasteiger partial charge is 0.0695 e. The molecule has 0 spiro atoms. The van der Waals surface area contributed by atoms with Gasteiger partial charge in [0.1, 0.15) is 0 Å². The van der Waals surface area contributed by atoms with E-state index in [1.807, 2.05) is 0 Å². The molecule has 0 aromatic rings. The van der Waals surface area contributed by atoms with Gasteiger partial charge in [0.05, 0.1) is 6.10 Å². The first kappa shape index (κ1) is 6.44. The highest BCUT2D eigenvalue weighted by atomic mass is 16.3. The molecule has 0 saturated carbocycles. The van der Waals surface area contributed by atoms with Gasteiger partial charge >= 0.3 is 0 Å². The van der Waals surface area contributed by atoms with Crippen LogP contribution in [0.25, 0.3) is 0 Å². The minimum absolute atomic E-state index is 0.349. The van der Waals surface area contributed by atoms with Gasteiger partial charge in [0.25, 0.3) is 0 Å². The summed E-state index contributed by atoms with van der Waals surface area (Å²) in [7, 11) is 0. The zero-order chi connectivity index (χ0) is 5.70. The molecule has 0 amide bonds. The Kier molecular flexibility index (Phi) is 3.33. The van der Waals surface area contributed by atoms with Crippen molar-refractivity contribution in [2.45, 2.75) is 13.0 Å². The summed E-state index contributed by atoms with van der Waals surface area (Å²) in [6, 6.07) is 0. The van der Waals surface area contributed by atoms with E-state index in [0.717, 1.165) is 0 Å². The normalized spacial score (nSPS) is 14.6. The number of hydrogen-bond acceptors (Lipinski definition) is 1. The van der Waals surface area contributed by atoms with Gasteiger partial charge in [-0.1, -0.05) is 24.8 Å². The molecule has 0 aliphatic rings. The van der Waals surface area contributed by atoms with Crippen molar-refractivity contribution >= 4 is 0 Å². The van der Waals surface area contributed by atoms with Crippen LogP contribution in [0.15, 0.2) is 24.8 Å². The van der Waals surface area contributed by atoms with Crippen molar-refractivity contribution in [3.05, 3.63) is 24.8 Å². The number of hydrogen-bond donors (Lipinski definition) is 1. The summed E-state index contributed by atoms with van der Waals surface area (Å²) in [5.74, 6) is 0. The predicted octanol–water partition coefficient (Wildman–Crippen LogP) is 1.11. The predicted molar refractivity (Wildman–Crippen MR) is 31.0 cm³/mol. The average molecular weight is 98.1 g/mol. The molecule has 0 aromatic carbocycles. The van der Waals surface area contributed by atoms with Crippen molar-refractivity contribution in [3.8, 4) is 0 Å². The van der Waals surface area contributed by atoms with Crippen molar-refractivity contribution in [3.63, 3.8) is 0 Å². The van der Waals surface area contributed by atoms with E-state index in [1.54, 1.807) is 25.2 Å². The van der Waals surface area contributed by atoms with E-state index < -0.39 is 0 Å². The molecule has 1 unspecified atom stereocenters. The molecular weight excluding hydrogens is 88.1 g/mol. The molecule has 0 fully saturated rings. The summed E-state index contributed by atoms with van der Waals surface area (Å²) in [4.78, 5) is 0. The molecule has 0 heterocycles.